The standard InChI is InChI=1S/C13H20N4O/c1-4-11(14-3)10-6-7-17(8-10)9-13-15-12(5-2)16-18-13/h6-8,11,14H,4-5,9H2,1-3H3. The number of hydrogen-bond donors (Lipinski definition) is 1. The summed E-state index contributed by atoms with van der Waals surface area (Å²) in [4.78, 5) is 4.30. The maximum absolute atomic E-state index is 5.18. The molecule has 2 aromatic rings. The first-order valence-electron chi connectivity index (χ1n) is 6.41. The molecule has 5 nitrogen and oxygen atoms in total. The molecule has 0 saturated carbocycles. The second-order valence-corrected chi connectivity index (χ2v) is 4.32. The highest BCUT2D eigenvalue weighted by atomic mass is 16.5. The van der Waals surface area contributed by atoms with Crippen LogP contribution in [0, 0.1) is 0 Å². The first-order chi connectivity index (χ1) is 8.76. The van der Waals surface area contributed by atoms with Crippen LogP contribution in [-0.2, 0) is 13.0 Å². The zero-order valence-electron chi connectivity index (χ0n) is 11.2. The highest BCUT2D eigenvalue weighted by Gasteiger charge is 2.10. The predicted molar refractivity (Wildman–Crippen MR) is 69.3 cm³/mol. The van der Waals surface area contributed by atoms with E-state index in [4.69, 9.17) is 4.52 Å². The maximum atomic E-state index is 5.18. The second-order valence-electron chi connectivity index (χ2n) is 4.32. The molecule has 0 aliphatic rings. The highest BCUT2D eigenvalue weighted by Crippen LogP contribution is 2.16. The number of aromatic nitrogens is 3. The summed E-state index contributed by atoms with van der Waals surface area (Å²) in [5.41, 5.74) is 1.29. The lowest BCUT2D eigenvalue weighted by molar-refractivity contribution is 0.366. The Bertz CT molecular complexity index is 485. The van der Waals surface area contributed by atoms with Gasteiger partial charge in [0, 0.05) is 24.9 Å². The summed E-state index contributed by atoms with van der Waals surface area (Å²) in [6.07, 6.45) is 6.05. The molecular weight excluding hydrogens is 228 g/mol. The van der Waals surface area contributed by atoms with E-state index in [-0.39, 0.29) is 0 Å². The quantitative estimate of drug-likeness (QED) is 0.851. The molecule has 0 radical (unpaired) electrons. The van der Waals surface area contributed by atoms with E-state index in [0.717, 1.165) is 18.7 Å². The van der Waals surface area contributed by atoms with Gasteiger partial charge in [0.15, 0.2) is 5.82 Å². The van der Waals surface area contributed by atoms with E-state index in [0.29, 0.717) is 18.5 Å². The number of nitrogens with one attached hydrogen (secondary N) is 1. The smallest absolute Gasteiger partial charge is 0.246 e. The van der Waals surface area contributed by atoms with Crippen molar-refractivity contribution >= 4 is 0 Å². The Balaban J connectivity index is 2.06. The van der Waals surface area contributed by atoms with Crippen LogP contribution in [0.15, 0.2) is 23.0 Å². The van der Waals surface area contributed by atoms with Gasteiger partial charge in [-0.25, -0.2) is 0 Å². The van der Waals surface area contributed by atoms with Crippen molar-refractivity contribution in [1.29, 1.82) is 0 Å². The van der Waals surface area contributed by atoms with Gasteiger partial charge in [-0.05, 0) is 25.1 Å². The van der Waals surface area contributed by atoms with E-state index in [1.54, 1.807) is 0 Å². The third-order valence-electron chi connectivity index (χ3n) is 3.08. The van der Waals surface area contributed by atoms with Crippen LogP contribution in [0.5, 0.6) is 0 Å². The summed E-state index contributed by atoms with van der Waals surface area (Å²) in [5.74, 6) is 1.42. The summed E-state index contributed by atoms with van der Waals surface area (Å²) in [6.45, 7) is 4.82. The summed E-state index contributed by atoms with van der Waals surface area (Å²) in [5, 5.41) is 7.19. The van der Waals surface area contributed by atoms with Gasteiger partial charge >= 0.3 is 0 Å². The van der Waals surface area contributed by atoms with Crippen LogP contribution in [0.2, 0.25) is 0 Å². The van der Waals surface area contributed by atoms with Gasteiger partial charge in [0.05, 0.1) is 0 Å². The largest absolute Gasteiger partial charge is 0.345 e. The van der Waals surface area contributed by atoms with Crippen LogP contribution in [-0.4, -0.2) is 21.8 Å². The number of aryl methyl sites for hydroxylation is 1. The molecule has 18 heavy (non-hydrogen) atoms. The maximum Gasteiger partial charge on any atom is 0.246 e. The molecular formula is C13H20N4O. The van der Waals surface area contributed by atoms with Crippen molar-refractivity contribution in [3.63, 3.8) is 0 Å². The Labute approximate surface area is 107 Å². The van der Waals surface area contributed by atoms with Crippen LogP contribution in [0.3, 0.4) is 0 Å². The monoisotopic (exact) mass is 248 g/mol. The molecule has 0 amide bonds. The summed E-state index contributed by atoms with van der Waals surface area (Å²) < 4.78 is 7.26. The van der Waals surface area contributed by atoms with Crippen LogP contribution in [0.1, 0.15) is 43.6 Å². The molecule has 0 fully saturated rings. The molecule has 0 aromatic carbocycles. The van der Waals surface area contributed by atoms with Gasteiger partial charge in [-0.15, -0.1) is 0 Å². The van der Waals surface area contributed by atoms with E-state index in [9.17, 15) is 0 Å². The van der Waals surface area contributed by atoms with Gasteiger partial charge in [0.1, 0.15) is 6.54 Å². The topological polar surface area (TPSA) is 55.9 Å². The van der Waals surface area contributed by atoms with E-state index in [1.165, 1.54) is 5.56 Å². The van der Waals surface area contributed by atoms with Crippen molar-refractivity contribution in [3.8, 4) is 0 Å². The highest BCUT2D eigenvalue weighted by molar-refractivity contribution is 5.15. The van der Waals surface area contributed by atoms with Gasteiger partial charge < -0.3 is 14.4 Å². The summed E-state index contributed by atoms with van der Waals surface area (Å²) >= 11 is 0. The second kappa shape index (κ2) is 5.82. The van der Waals surface area contributed by atoms with Crippen molar-refractivity contribution in [1.82, 2.24) is 20.0 Å². The summed E-state index contributed by atoms with van der Waals surface area (Å²) in [7, 11) is 1.98. The van der Waals surface area contributed by atoms with Crippen molar-refractivity contribution in [2.45, 2.75) is 39.3 Å². The molecule has 2 heterocycles. The van der Waals surface area contributed by atoms with Crippen molar-refractivity contribution in [2.24, 2.45) is 0 Å². The van der Waals surface area contributed by atoms with Gasteiger partial charge in [0.2, 0.25) is 5.89 Å². The Morgan fingerprint density at radius 2 is 2.28 bits per heavy atom. The Morgan fingerprint density at radius 3 is 2.89 bits per heavy atom. The van der Waals surface area contributed by atoms with E-state index in [1.807, 2.05) is 20.2 Å². The first-order valence-corrected chi connectivity index (χ1v) is 6.41. The zero-order chi connectivity index (χ0) is 13.0. The van der Waals surface area contributed by atoms with Crippen molar-refractivity contribution < 1.29 is 4.52 Å². The van der Waals surface area contributed by atoms with Gasteiger partial charge in [-0.2, -0.15) is 4.98 Å². The molecule has 2 aromatic heterocycles. The molecule has 0 aliphatic carbocycles. The molecule has 1 unspecified atom stereocenters. The molecule has 1 atom stereocenters. The third kappa shape index (κ3) is 2.79. The molecule has 2 rings (SSSR count). The van der Waals surface area contributed by atoms with Crippen molar-refractivity contribution in [2.75, 3.05) is 7.05 Å². The van der Waals surface area contributed by atoms with Gasteiger partial charge in [-0.3, -0.25) is 0 Å². The molecule has 0 aliphatic heterocycles. The zero-order valence-corrected chi connectivity index (χ0v) is 11.2. The minimum absolute atomic E-state index is 0.403. The lowest BCUT2D eigenvalue weighted by Crippen LogP contribution is -2.14. The van der Waals surface area contributed by atoms with Crippen molar-refractivity contribution in [3.05, 3.63) is 35.7 Å². The lowest BCUT2D eigenvalue weighted by Gasteiger charge is -2.11. The number of hydrogen-bond acceptors (Lipinski definition) is 4. The number of nitrogens with zero attached hydrogens (tertiary/aromatic N) is 3. The van der Waals surface area contributed by atoms with Gasteiger partial charge in [-0.1, -0.05) is 19.0 Å². The molecule has 0 bridgehead atoms. The fraction of sp³-hybridized carbons (Fsp3) is 0.538. The summed E-state index contributed by atoms with van der Waals surface area (Å²) in [6, 6.07) is 2.53. The predicted octanol–water partition coefficient (Wildman–Crippen LogP) is 2.15. The van der Waals surface area contributed by atoms with Crippen LogP contribution in [0.4, 0.5) is 0 Å². The minimum Gasteiger partial charge on any atom is -0.345 e. The minimum atomic E-state index is 0.403. The van der Waals surface area contributed by atoms with Crippen LogP contribution < -0.4 is 5.32 Å². The Kier molecular flexibility index (Phi) is 4.15. The fourth-order valence-corrected chi connectivity index (χ4v) is 2.02. The lowest BCUT2D eigenvalue weighted by atomic mass is 10.1. The molecule has 98 valence electrons. The SMILES string of the molecule is CCc1noc(Cn2ccc(C(CC)NC)c2)n1. The average molecular weight is 248 g/mol. The Hall–Kier alpha value is -1.62. The first kappa shape index (κ1) is 12.8. The van der Waals surface area contributed by atoms with E-state index < -0.39 is 0 Å². The van der Waals surface area contributed by atoms with Crippen LogP contribution in [0.25, 0.3) is 0 Å². The van der Waals surface area contributed by atoms with Crippen LogP contribution >= 0.6 is 0 Å². The molecule has 0 spiro atoms. The fourth-order valence-electron chi connectivity index (χ4n) is 2.02. The Morgan fingerprint density at radius 1 is 1.44 bits per heavy atom. The normalized spacial score (nSPS) is 12.8. The molecule has 5 heteroatoms. The van der Waals surface area contributed by atoms with E-state index in [2.05, 4.69) is 39.2 Å². The third-order valence-corrected chi connectivity index (χ3v) is 3.08. The van der Waals surface area contributed by atoms with E-state index >= 15 is 0 Å². The molecule has 1 N–H and O–H groups in total. The van der Waals surface area contributed by atoms with Gasteiger partial charge in [0.25, 0.3) is 0 Å². The average Bonchev–Trinajstić information content (AvgIpc) is 3.01. The molecule has 0 saturated heterocycles. The number of rotatable bonds is 6.